The maximum atomic E-state index is 13.1. The number of carbonyl (C=O) groups excluding carboxylic acids is 2. The molecule has 188 valence electrons. The fourth-order valence-electron chi connectivity index (χ4n) is 4.85. The van der Waals surface area contributed by atoms with Gasteiger partial charge in [-0.05, 0) is 41.7 Å². The van der Waals surface area contributed by atoms with Crippen LogP contribution in [0.2, 0.25) is 0 Å². The fraction of sp³-hybridized carbons (Fsp3) is 0.267. The van der Waals surface area contributed by atoms with Gasteiger partial charge in [0.05, 0.1) is 30.0 Å². The number of nitrogens with two attached hydrogens (primary N) is 1. The molecule has 0 saturated carbocycles. The molecule has 0 radical (unpaired) electrons. The number of aromatic nitrogens is 2. The number of ether oxygens (including phenoxy) is 1. The molecule has 4 aromatic rings. The maximum absolute atomic E-state index is 13.1. The van der Waals surface area contributed by atoms with Gasteiger partial charge in [0.15, 0.2) is 5.78 Å². The summed E-state index contributed by atoms with van der Waals surface area (Å²) in [5.74, 6) is -0.388. The Bertz CT molecular complexity index is 1430. The summed E-state index contributed by atoms with van der Waals surface area (Å²) in [6.45, 7) is 4.19. The molecular formula is C30H30N4O3. The molecule has 1 fully saturated rings. The molecule has 1 amide bonds. The van der Waals surface area contributed by atoms with Crippen LogP contribution >= 0.6 is 0 Å². The molecule has 1 aromatic heterocycles. The van der Waals surface area contributed by atoms with Crippen LogP contribution in [-0.2, 0) is 30.5 Å². The van der Waals surface area contributed by atoms with Crippen molar-refractivity contribution < 1.29 is 14.3 Å². The van der Waals surface area contributed by atoms with Gasteiger partial charge in [-0.2, -0.15) is 0 Å². The highest BCUT2D eigenvalue weighted by atomic mass is 16.5. The second-order valence-electron chi connectivity index (χ2n) is 9.40. The minimum atomic E-state index is -0.501. The van der Waals surface area contributed by atoms with Crippen molar-refractivity contribution in [2.24, 2.45) is 5.73 Å². The van der Waals surface area contributed by atoms with Crippen LogP contribution in [0, 0.1) is 0 Å². The Morgan fingerprint density at radius 1 is 0.865 bits per heavy atom. The first-order chi connectivity index (χ1) is 18.1. The number of hydrogen-bond donors (Lipinski definition) is 1. The normalized spacial score (nSPS) is 14.1. The topological polar surface area (TPSA) is 98.4 Å². The van der Waals surface area contributed by atoms with Crippen LogP contribution in [0.5, 0.6) is 0 Å². The third-order valence-electron chi connectivity index (χ3n) is 6.78. The van der Waals surface area contributed by atoms with Gasteiger partial charge < -0.3 is 10.5 Å². The number of fused-ring (bicyclic) bond motifs is 1. The van der Waals surface area contributed by atoms with Crippen molar-refractivity contribution in [3.63, 3.8) is 0 Å². The van der Waals surface area contributed by atoms with E-state index in [-0.39, 0.29) is 5.78 Å². The number of para-hydroxylation sites is 1. The zero-order chi connectivity index (χ0) is 25.6. The summed E-state index contributed by atoms with van der Waals surface area (Å²) in [7, 11) is 0. The van der Waals surface area contributed by atoms with Crippen LogP contribution in [0.4, 0.5) is 0 Å². The van der Waals surface area contributed by atoms with Crippen LogP contribution in [0.15, 0.2) is 73.1 Å². The second-order valence-corrected chi connectivity index (χ2v) is 9.40. The highest BCUT2D eigenvalue weighted by Gasteiger charge is 2.14. The lowest BCUT2D eigenvalue weighted by Gasteiger charge is -2.26. The third kappa shape index (κ3) is 6.07. The number of aryl methyl sites for hydroxylation is 2. The van der Waals surface area contributed by atoms with Crippen molar-refractivity contribution in [3.05, 3.63) is 107 Å². The summed E-state index contributed by atoms with van der Waals surface area (Å²) in [6.07, 6.45) is 3.27. The third-order valence-corrected chi connectivity index (χ3v) is 6.78. The van der Waals surface area contributed by atoms with Gasteiger partial charge in [-0.25, -0.2) is 9.97 Å². The SMILES string of the molecule is NC(=O)c1cccc2c(CCc3cccc(CC(=O)c4cccc(CN5CCOCC5)c4)c3)ncnc12. The molecule has 7 heteroatoms. The number of benzene rings is 3. The van der Waals surface area contributed by atoms with Gasteiger partial charge in [-0.15, -0.1) is 0 Å². The van der Waals surface area contributed by atoms with Crippen LogP contribution < -0.4 is 5.73 Å². The number of amides is 1. The van der Waals surface area contributed by atoms with E-state index in [1.807, 2.05) is 36.4 Å². The van der Waals surface area contributed by atoms with E-state index < -0.39 is 5.91 Å². The first-order valence-electron chi connectivity index (χ1n) is 12.6. The summed E-state index contributed by atoms with van der Waals surface area (Å²) < 4.78 is 5.43. The molecule has 2 heterocycles. The average Bonchev–Trinajstić information content (AvgIpc) is 2.92. The van der Waals surface area contributed by atoms with Crippen molar-refractivity contribution >= 4 is 22.6 Å². The Labute approximate surface area is 216 Å². The molecule has 0 aliphatic carbocycles. The van der Waals surface area contributed by atoms with Crippen LogP contribution in [0.25, 0.3) is 10.9 Å². The highest BCUT2D eigenvalue weighted by Crippen LogP contribution is 2.21. The molecule has 7 nitrogen and oxygen atoms in total. The molecule has 1 aliphatic heterocycles. The molecule has 2 N–H and O–H groups in total. The highest BCUT2D eigenvalue weighted by molar-refractivity contribution is 6.05. The van der Waals surface area contributed by atoms with Crippen molar-refractivity contribution in [1.82, 2.24) is 14.9 Å². The molecule has 0 atom stereocenters. The minimum Gasteiger partial charge on any atom is -0.379 e. The van der Waals surface area contributed by atoms with Crippen molar-refractivity contribution in [3.8, 4) is 0 Å². The van der Waals surface area contributed by atoms with E-state index >= 15 is 0 Å². The van der Waals surface area contributed by atoms with E-state index in [4.69, 9.17) is 10.5 Å². The first-order valence-corrected chi connectivity index (χ1v) is 12.6. The monoisotopic (exact) mass is 494 g/mol. The zero-order valence-corrected chi connectivity index (χ0v) is 20.7. The molecule has 1 saturated heterocycles. The van der Waals surface area contributed by atoms with Gasteiger partial charge in [0.1, 0.15) is 6.33 Å². The zero-order valence-electron chi connectivity index (χ0n) is 20.7. The van der Waals surface area contributed by atoms with E-state index in [2.05, 4.69) is 33.1 Å². The Morgan fingerprint density at radius 3 is 2.46 bits per heavy atom. The van der Waals surface area contributed by atoms with Gasteiger partial charge >= 0.3 is 0 Å². The number of nitrogens with zero attached hydrogens (tertiary/aromatic N) is 3. The maximum Gasteiger partial charge on any atom is 0.250 e. The number of carbonyl (C=O) groups is 2. The average molecular weight is 495 g/mol. The van der Waals surface area contributed by atoms with Gasteiger partial charge in [0.2, 0.25) is 0 Å². The predicted octanol–water partition coefficient (Wildman–Crippen LogP) is 3.77. The summed E-state index contributed by atoms with van der Waals surface area (Å²) in [4.78, 5) is 35.9. The Morgan fingerprint density at radius 2 is 1.62 bits per heavy atom. The molecule has 0 unspecified atom stereocenters. The first kappa shape index (κ1) is 24.7. The molecule has 37 heavy (non-hydrogen) atoms. The van der Waals surface area contributed by atoms with Crippen molar-refractivity contribution in [1.29, 1.82) is 0 Å². The summed E-state index contributed by atoms with van der Waals surface area (Å²) in [6, 6.07) is 21.5. The second kappa shape index (κ2) is 11.4. The number of ketones is 1. The van der Waals surface area contributed by atoms with Crippen LogP contribution in [0.1, 0.15) is 43.1 Å². The van der Waals surface area contributed by atoms with E-state index in [0.29, 0.717) is 23.9 Å². The molecular weight excluding hydrogens is 464 g/mol. The number of rotatable bonds is 9. The number of primary amides is 1. The summed E-state index contributed by atoms with van der Waals surface area (Å²) >= 11 is 0. The lowest BCUT2D eigenvalue weighted by atomic mass is 9.98. The van der Waals surface area contributed by atoms with Crippen LogP contribution in [0.3, 0.4) is 0 Å². The molecule has 0 spiro atoms. The quantitative estimate of drug-likeness (QED) is 0.356. The predicted molar refractivity (Wildman–Crippen MR) is 142 cm³/mol. The van der Waals surface area contributed by atoms with E-state index in [9.17, 15) is 9.59 Å². The Balaban J connectivity index is 1.25. The lowest BCUT2D eigenvalue weighted by molar-refractivity contribution is 0.0342. The van der Waals surface area contributed by atoms with Crippen LogP contribution in [-0.4, -0.2) is 52.9 Å². The van der Waals surface area contributed by atoms with Gasteiger partial charge in [0.25, 0.3) is 5.91 Å². The standard InChI is InChI=1S/C30H30N4O3/c31-30(36)26-9-3-8-25-27(32-20-33-29(25)26)11-10-21-4-1-5-22(16-21)18-28(35)24-7-2-6-23(17-24)19-34-12-14-37-15-13-34/h1-9,16-17,20H,10-15,18-19H2,(H2,31,36). The molecule has 1 aliphatic rings. The minimum absolute atomic E-state index is 0.113. The van der Waals surface area contributed by atoms with Gasteiger partial charge in [-0.1, -0.05) is 54.6 Å². The summed E-state index contributed by atoms with van der Waals surface area (Å²) in [5.41, 5.74) is 11.4. The van der Waals surface area contributed by atoms with Gasteiger partial charge in [-0.3, -0.25) is 14.5 Å². The Kier molecular flexibility index (Phi) is 7.63. The Hall–Kier alpha value is -3.94. The summed E-state index contributed by atoms with van der Waals surface area (Å²) in [5, 5.41) is 0.835. The largest absolute Gasteiger partial charge is 0.379 e. The van der Waals surface area contributed by atoms with Crippen molar-refractivity contribution in [2.75, 3.05) is 26.3 Å². The number of Topliss-reactive ketones (excluding diaryl/α,β-unsaturated/α-hetero) is 1. The fourth-order valence-corrected chi connectivity index (χ4v) is 4.85. The smallest absolute Gasteiger partial charge is 0.250 e. The number of hydrogen-bond acceptors (Lipinski definition) is 6. The van der Waals surface area contributed by atoms with E-state index in [1.165, 1.54) is 6.33 Å². The number of morpholine rings is 1. The molecule has 0 bridgehead atoms. The lowest BCUT2D eigenvalue weighted by Crippen LogP contribution is -2.35. The van der Waals surface area contributed by atoms with E-state index in [0.717, 1.165) is 72.6 Å². The van der Waals surface area contributed by atoms with E-state index in [1.54, 1.807) is 12.1 Å². The molecule has 3 aromatic carbocycles. The van der Waals surface area contributed by atoms with Gasteiger partial charge in [0, 0.05) is 37.0 Å². The molecule has 5 rings (SSSR count). The van der Waals surface area contributed by atoms with Crippen molar-refractivity contribution in [2.45, 2.75) is 25.8 Å².